The zero-order chi connectivity index (χ0) is 23.3. The van der Waals surface area contributed by atoms with Crippen LogP contribution in [-0.4, -0.2) is 48.6 Å². The number of nitrogens with zero attached hydrogens (tertiary/aromatic N) is 1. The van der Waals surface area contributed by atoms with Crippen molar-refractivity contribution >= 4 is 29.1 Å². The second kappa shape index (κ2) is 10.3. The van der Waals surface area contributed by atoms with E-state index in [4.69, 9.17) is 4.74 Å². The van der Waals surface area contributed by atoms with Gasteiger partial charge in [0.15, 0.2) is 6.61 Å². The molecule has 170 valence electrons. The van der Waals surface area contributed by atoms with Crippen molar-refractivity contribution < 1.29 is 24.2 Å². The van der Waals surface area contributed by atoms with Crippen LogP contribution in [-0.2, 0) is 14.4 Å². The van der Waals surface area contributed by atoms with Gasteiger partial charge in [-0.2, -0.15) is 0 Å². The Morgan fingerprint density at radius 3 is 2.56 bits per heavy atom. The van der Waals surface area contributed by atoms with Crippen LogP contribution in [0.15, 0.2) is 42.5 Å². The number of aliphatic hydroxyl groups is 1. The Hall–Kier alpha value is -3.39. The van der Waals surface area contributed by atoms with Crippen LogP contribution in [0.5, 0.6) is 5.75 Å². The molecule has 0 aromatic heterocycles. The van der Waals surface area contributed by atoms with Crippen LogP contribution < -0.4 is 20.3 Å². The molecule has 8 heteroatoms. The summed E-state index contributed by atoms with van der Waals surface area (Å²) < 4.78 is 5.56. The summed E-state index contributed by atoms with van der Waals surface area (Å²) >= 11 is 0. The number of anilines is 2. The third-order valence-electron chi connectivity index (χ3n) is 5.24. The highest BCUT2D eigenvalue weighted by Crippen LogP contribution is 2.27. The molecule has 3 amide bonds. The van der Waals surface area contributed by atoms with Gasteiger partial charge in [-0.1, -0.05) is 17.7 Å². The molecular weight excluding hydrogens is 410 g/mol. The van der Waals surface area contributed by atoms with Crippen molar-refractivity contribution in [2.24, 2.45) is 5.92 Å². The maximum Gasteiger partial charge on any atom is 0.262 e. The molecular formula is C24H29N3O5. The molecule has 0 bridgehead atoms. The van der Waals surface area contributed by atoms with E-state index < -0.39 is 12.0 Å². The summed E-state index contributed by atoms with van der Waals surface area (Å²) in [5.41, 5.74) is 3.52. The first-order chi connectivity index (χ1) is 15.2. The molecule has 2 aromatic carbocycles. The fraction of sp³-hybridized carbons (Fsp3) is 0.375. The van der Waals surface area contributed by atoms with Crippen LogP contribution in [0.25, 0.3) is 0 Å². The Morgan fingerprint density at radius 1 is 1.19 bits per heavy atom. The van der Waals surface area contributed by atoms with Crippen molar-refractivity contribution in [2.75, 3.05) is 29.9 Å². The average molecular weight is 440 g/mol. The number of amides is 3. The zero-order valence-corrected chi connectivity index (χ0v) is 18.6. The predicted molar refractivity (Wildman–Crippen MR) is 122 cm³/mol. The highest BCUT2D eigenvalue weighted by atomic mass is 16.5. The molecule has 0 spiro atoms. The van der Waals surface area contributed by atoms with E-state index in [0.717, 1.165) is 16.8 Å². The highest BCUT2D eigenvalue weighted by Gasteiger charge is 2.35. The monoisotopic (exact) mass is 439 g/mol. The third kappa shape index (κ3) is 6.07. The summed E-state index contributed by atoms with van der Waals surface area (Å²) in [6.45, 7) is 5.82. The number of ether oxygens (including phenoxy) is 1. The second-order valence-electron chi connectivity index (χ2n) is 8.15. The maximum atomic E-state index is 12.4. The van der Waals surface area contributed by atoms with Gasteiger partial charge in [0.05, 0.1) is 12.0 Å². The summed E-state index contributed by atoms with van der Waals surface area (Å²) in [6.07, 6.45) is -0.509. The van der Waals surface area contributed by atoms with Gasteiger partial charge in [0, 0.05) is 30.9 Å². The smallest absolute Gasteiger partial charge is 0.262 e. The quantitative estimate of drug-likeness (QED) is 0.584. The van der Waals surface area contributed by atoms with Crippen molar-refractivity contribution in [1.82, 2.24) is 5.32 Å². The maximum absolute atomic E-state index is 12.4. The van der Waals surface area contributed by atoms with Crippen molar-refractivity contribution in [3.8, 4) is 5.75 Å². The number of carbonyl (C=O) groups excluding carboxylic acids is 3. The van der Waals surface area contributed by atoms with Gasteiger partial charge in [-0.15, -0.1) is 0 Å². The summed E-state index contributed by atoms with van der Waals surface area (Å²) in [5.74, 6) is -0.587. The lowest BCUT2D eigenvalue weighted by Crippen LogP contribution is -2.36. The largest absolute Gasteiger partial charge is 0.484 e. The van der Waals surface area contributed by atoms with Gasteiger partial charge in [-0.25, -0.2) is 0 Å². The highest BCUT2D eigenvalue weighted by molar-refractivity contribution is 6.00. The fourth-order valence-corrected chi connectivity index (χ4v) is 3.54. The van der Waals surface area contributed by atoms with E-state index in [1.807, 2.05) is 32.0 Å². The van der Waals surface area contributed by atoms with Gasteiger partial charge in [0.2, 0.25) is 11.8 Å². The minimum Gasteiger partial charge on any atom is -0.484 e. The lowest BCUT2D eigenvalue weighted by atomic mass is 10.1. The minimum atomic E-state index is -0.636. The Morgan fingerprint density at radius 2 is 1.91 bits per heavy atom. The lowest BCUT2D eigenvalue weighted by molar-refractivity contribution is -0.126. The van der Waals surface area contributed by atoms with E-state index >= 15 is 0 Å². The van der Waals surface area contributed by atoms with E-state index in [2.05, 4.69) is 10.6 Å². The summed E-state index contributed by atoms with van der Waals surface area (Å²) in [5, 5.41) is 14.8. The van der Waals surface area contributed by atoms with Crippen molar-refractivity contribution in [2.45, 2.75) is 33.3 Å². The molecule has 8 nitrogen and oxygen atoms in total. The molecule has 2 atom stereocenters. The molecule has 0 unspecified atom stereocenters. The molecule has 0 saturated carbocycles. The fourth-order valence-electron chi connectivity index (χ4n) is 3.54. The van der Waals surface area contributed by atoms with Crippen LogP contribution in [0.2, 0.25) is 0 Å². The van der Waals surface area contributed by atoms with Crippen LogP contribution in [0.3, 0.4) is 0 Å². The number of carbonyl (C=O) groups is 3. The molecule has 32 heavy (non-hydrogen) atoms. The molecule has 0 radical (unpaired) electrons. The lowest BCUT2D eigenvalue weighted by Gasteiger charge is -2.17. The summed E-state index contributed by atoms with van der Waals surface area (Å²) in [7, 11) is 0. The molecule has 1 aliphatic rings. The minimum absolute atomic E-state index is 0.127. The number of rotatable bonds is 8. The Balaban J connectivity index is 1.52. The Labute approximate surface area is 187 Å². The first kappa shape index (κ1) is 23.3. The molecule has 3 N–H and O–H groups in total. The van der Waals surface area contributed by atoms with Crippen LogP contribution in [0.1, 0.15) is 24.5 Å². The SMILES string of the molecule is Cc1ccc(NC(=O)COc2ccc(N3C[C@@H](C(=O)NC[C@@H](C)O)CC3=O)cc2)c(C)c1. The van der Waals surface area contributed by atoms with Gasteiger partial charge < -0.3 is 25.4 Å². The number of nitrogens with one attached hydrogen (secondary N) is 2. The topological polar surface area (TPSA) is 108 Å². The van der Waals surface area contributed by atoms with Crippen LogP contribution in [0.4, 0.5) is 11.4 Å². The van der Waals surface area contributed by atoms with Crippen molar-refractivity contribution in [1.29, 1.82) is 0 Å². The van der Waals surface area contributed by atoms with Crippen molar-refractivity contribution in [3.05, 3.63) is 53.6 Å². The first-order valence-corrected chi connectivity index (χ1v) is 10.6. The van der Waals surface area contributed by atoms with Gasteiger partial charge in [0.1, 0.15) is 5.75 Å². The van der Waals surface area contributed by atoms with Crippen molar-refractivity contribution in [3.63, 3.8) is 0 Å². The molecule has 1 fully saturated rings. The summed E-state index contributed by atoms with van der Waals surface area (Å²) in [4.78, 5) is 38.3. The van der Waals surface area contributed by atoms with E-state index in [1.54, 1.807) is 36.1 Å². The average Bonchev–Trinajstić information content (AvgIpc) is 3.14. The van der Waals surface area contributed by atoms with E-state index in [1.165, 1.54) is 0 Å². The zero-order valence-electron chi connectivity index (χ0n) is 18.6. The second-order valence-corrected chi connectivity index (χ2v) is 8.15. The Kier molecular flexibility index (Phi) is 7.48. The van der Waals surface area contributed by atoms with Gasteiger partial charge in [-0.05, 0) is 56.7 Å². The summed E-state index contributed by atoms with van der Waals surface area (Å²) in [6, 6.07) is 12.6. The first-order valence-electron chi connectivity index (χ1n) is 10.6. The number of aryl methyl sites for hydroxylation is 2. The number of benzene rings is 2. The van der Waals surface area contributed by atoms with Crippen LogP contribution in [0, 0.1) is 19.8 Å². The molecule has 1 aliphatic heterocycles. The van der Waals surface area contributed by atoms with E-state index in [0.29, 0.717) is 11.4 Å². The van der Waals surface area contributed by atoms with E-state index in [9.17, 15) is 19.5 Å². The normalized spacial score (nSPS) is 16.6. The molecule has 2 aromatic rings. The molecule has 1 saturated heterocycles. The number of aliphatic hydroxyl groups excluding tert-OH is 1. The molecule has 0 aliphatic carbocycles. The third-order valence-corrected chi connectivity index (χ3v) is 5.24. The molecule has 3 rings (SSSR count). The standard InChI is InChI=1S/C24H29N3O5/c1-15-4-9-21(16(2)10-15)26-22(29)14-32-20-7-5-19(6-8-20)27-13-18(11-23(27)30)24(31)25-12-17(3)28/h4-10,17-18,28H,11-14H2,1-3H3,(H,25,31)(H,26,29)/t17-,18+/m1/s1. The molecule has 1 heterocycles. The van der Waals surface area contributed by atoms with Crippen LogP contribution >= 0.6 is 0 Å². The number of hydrogen-bond acceptors (Lipinski definition) is 5. The number of hydrogen-bond donors (Lipinski definition) is 3. The van der Waals surface area contributed by atoms with Gasteiger partial charge in [0.25, 0.3) is 5.91 Å². The van der Waals surface area contributed by atoms with Gasteiger partial charge >= 0.3 is 0 Å². The predicted octanol–water partition coefficient (Wildman–Crippen LogP) is 2.17. The van der Waals surface area contributed by atoms with Gasteiger partial charge in [-0.3, -0.25) is 14.4 Å². The Bertz CT molecular complexity index is 988. The van der Waals surface area contributed by atoms with E-state index in [-0.39, 0.29) is 43.8 Å².